The van der Waals surface area contributed by atoms with Gasteiger partial charge in [0, 0.05) is 258 Å². The zero-order valence-electron chi connectivity index (χ0n) is 87.0. The number of phenolic OH excluding ortho intramolecular Hbond substituents is 6. The van der Waals surface area contributed by atoms with Crippen LogP contribution in [0.15, 0.2) is 119 Å². The Morgan fingerprint density at radius 2 is 0.599 bits per heavy atom. The maximum atomic E-state index is 11.5. The molecule has 142 heavy (non-hydrogen) atoms. The molecule has 6 aromatic carbocycles. The second-order valence-corrected chi connectivity index (χ2v) is 43.0. The first-order valence-corrected chi connectivity index (χ1v) is 51.2. The monoisotopic (exact) mass is 2370 g/mol. The predicted octanol–water partition coefficient (Wildman–Crippen LogP) is 25.5. The van der Waals surface area contributed by atoms with Gasteiger partial charge in [0.15, 0.2) is 0 Å². The standard InChI is InChI=1S/C38H54N4O2.C37H51BrN4O2.C36H50N4O2.3CH4.3CH3.3Co.3Y/c1-27-21-28(2)36(43)30(22-27)25-39-33-14-8-9-15-34(33)40-26-31-24-32(38(3,4)5)23-29(37(31)44)13-11-18-42-20-12-19-41-17-10-6-7-16-35(41)42;1-26-20-28(36(44)31(38)21-26)24-39-32-13-7-8-14-33(32)40-25-29-23-30(37(2,3)4)22-27(35(29)43)12-10-17-42-19-11-18-41-16-9-5-6-15-34(41)42;1-36(2,3)30-23-27(14-11-20-40-22-12-21-39-19-10-4-5-18-34(39)40)35(42)29(24-30)26-38-32-16-8-7-15-31(32)37-25-28-13-6-9-17-33(28)41;;;;;;;;;;;;/h21-26,33-34H,6-20H2,1-5H3,(H-,39,40,43,44);20-25,32-33H,5-19H2,1-4H3,(H-,39,40,43,44);6,9,13,17,23-26,31-32H,4-5,7-8,10-12,14-16,18-22H2,1-3H3,(H-,37,38,41,42);3*1H4;3*1H3;;;;;;/q;;;;;;3*-1;;;;;;/p+3. The first-order chi connectivity index (χ1) is 62.5. The minimum absolute atomic E-state index is 0. The quantitative estimate of drug-likeness (QED) is 0.0193. The molecular weight excluding hydrogens is 2190 g/mol. The largest absolute Gasteiger partial charge is 0.507 e. The average Bonchev–Trinajstić information content (AvgIpc) is 0.851. The van der Waals surface area contributed by atoms with Crippen molar-refractivity contribution in [3.8, 4) is 34.5 Å². The van der Waals surface area contributed by atoms with Crippen molar-refractivity contribution in [3.63, 3.8) is 0 Å². The Bertz CT molecular complexity index is 4940. The molecule has 6 heterocycles. The van der Waals surface area contributed by atoms with Gasteiger partial charge in [0.25, 0.3) is 0 Å². The normalized spacial score (nSPS) is 20.0. The van der Waals surface area contributed by atoms with Crippen LogP contribution in [0.2, 0.25) is 0 Å². The summed E-state index contributed by atoms with van der Waals surface area (Å²) in [7, 11) is 0. The molecule has 0 aromatic heterocycles. The van der Waals surface area contributed by atoms with Gasteiger partial charge in [-0.3, -0.25) is 58.4 Å². The third-order valence-corrected chi connectivity index (χ3v) is 29.4. The van der Waals surface area contributed by atoms with Gasteiger partial charge in [-0.05, 0) is 286 Å². The molecule has 18 nitrogen and oxygen atoms in total. The fourth-order valence-electron chi connectivity index (χ4n) is 21.0. The Labute approximate surface area is 975 Å². The molecule has 6 aliphatic heterocycles. The van der Waals surface area contributed by atoms with Crippen LogP contribution < -0.4 is 0 Å². The van der Waals surface area contributed by atoms with E-state index in [4.69, 9.17) is 30.0 Å². The summed E-state index contributed by atoms with van der Waals surface area (Å²) in [6, 6.07) is 28.6. The fourth-order valence-corrected chi connectivity index (χ4v) is 21.6. The Kier molecular flexibility index (Phi) is 63.0. The van der Waals surface area contributed by atoms with Gasteiger partial charge in [-0.2, -0.15) is 0 Å². The first-order valence-electron chi connectivity index (χ1n) is 50.4. The third kappa shape index (κ3) is 39.0. The van der Waals surface area contributed by atoms with Gasteiger partial charge in [-0.15, -0.1) is 0 Å². The number of aliphatic imine (C=N–C) groups is 6. The molecule has 6 atom stereocenters. The molecule has 3 saturated carbocycles. The number of aromatic hydroxyl groups is 6. The van der Waals surface area contributed by atoms with Crippen LogP contribution in [0, 0.1) is 43.1 Å². The summed E-state index contributed by atoms with van der Waals surface area (Å²) in [4.78, 5) is 37.7. The van der Waals surface area contributed by atoms with Gasteiger partial charge < -0.3 is 52.9 Å². The SMILES string of the molecule is C.C.C.CC(C)(C)c1cc(C=NC2CCCCC2N=Cc2ccccc2O)c(O)c(CCCN2CCC[N+]3=C2CCCCC3)c1.Cc1cc(Br)c(O)c(C=NC2CCCCC2N=Cc2cc(C(C)(C)C)cc(CCCN3CCC[N+]4=C3CCCCC4)c2O)c1.Cc1cc(C)c(O)c(C=NC2CCCCC2N=Cc2cc(C(C)(C)C)cc(CCCN3CCC[N+]4=C3CCCCC4)c2O)c1.[CH3-].[CH3-].[CH3-].[Co].[Co].[Co].[Y].[Y].[Y]. The van der Waals surface area contributed by atoms with Crippen LogP contribution in [0.5, 0.6) is 34.5 Å². The Hall–Kier alpha value is -4.14. The maximum Gasteiger partial charge on any atom is 0.246 e. The van der Waals surface area contributed by atoms with Crippen LogP contribution in [-0.4, -0.2) is 229 Å². The minimum Gasteiger partial charge on any atom is -0.507 e. The topological polar surface area (TPSA) is 214 Å². The predicted molar refractivity (Wildman–Crippen MR) is 584 cm³/mol. The van der Waals surface area contributed by atoms with Crippen LogP contribution in [0.3, 0.4) is 0 Å². The second-order valence-electron chi connectivity index (χ2n) is 42.1. The summed E-state index contributed by atoms with van der Waals surface area (Å²) >= 11 is 3.45. The van der Waals surface area contributed by atoms with Crippen LogP contribution in [0.4, 0.5) is 0 Å². The van der Waals surface area contributed by atoms with Crippen molar-refractivity contribution in [2.45, 2.75) is 370 Å². The molecule has 0 spiro atoms. The molecule has 3 fully saturated rings. The van der Waals surface area contributed by atoms with Crippen molar-refractivity contribution in [1.82, 2.24) is 14.7 Å². The van der Waals surface area contributed by atoms with E-state index in [0.717, 1.165) is 222 Å². The summed E-state index contributed by atoms with van der Waals surface area (Å²) in [5.74, 6) is 6.57. The number of phenols is 6. The van der Waals surface area contributed by atoms with E-state index in [1.54, 1.807) is 36.0 Å². The number of amidine groups is 3. The minimum atomic E-state index is -0.0314. The second kappa shape index (κ2) is 65.9. The Morgan fingerprint density at radius 3 is 0.894 bits per heavy atom. The van der Waals surface area contributed by atoms with Crippen molar-refractivity contribution in [3.05, 3.63) is 195 Å². The number of para-hydroxylation sites is 1. The number of rotatable bonds is 24. The molecule has 6 unspecified atom stereocenters. The van der Waals surface area contributed by atoms with Crippen molar-refractivity contribution in [1.29, 1.82) is 0 Å². The van der Waals surface area contributed by atoms with E-state index in [1.807, 2.05) is 88.1 Å². The van der Waals surface area contributed by atoms with Crippen LogP contribution >= 0.6 is 15.9 Å². The molecule has 9 aliphatic rings. The van der Waals surface area contributed by atoms with E-state index in [9.17, 15) is 30.6 Å². The zero-order valence-corrected chi connectivity index (χ0v) is 100. The maximum absolute atomic E-state index is 11.5. The molecule has 0 saturated heterocycles. The summed E-state index contributed by atoms with van der Waals surface area (Å²) in [6.07, 6.45) is 48.7. The number of halogens is 1. The van der Waals surface area contributed by atoms with E-state index in [2.05, 4.69) is 143 Å². The van der Waals surface area contributed by atoms with E-state index < -0.39 is 0 Å². The zero-order chi connectivity index (χ0) is 92.1. The molecule has 6 aromatic rings. The molecule has 0 bridgehead atoms. The molecule has 3 aliphatic carbocycles. The van der Waals surface area contributed by atoms with Gasteiger partial charge >= 0.3 is 0 Å². The fraction of sp³-hybridized carbons (Fsp3) is 0.590. The van der Waals surface area contributed by atoms with Crippen molar-refractivity contribution in [2.75, 3.05) is 78.5 Å². The molecule has 25 heteroatoms. The number of hydrogen-bond donors (Lipinski definition) is 6. The summed E-state index contributed by atoms with van der Waals surface area (Å²) in [6.45, 7) is 40.0. The van der Waals surface area contributed by atoms with Gasteiger partial charge in [0.2, 0.25) is 17.5 Å². The van der Waals surface area contributed by atoms with Gasteiger partial charge in [0.05, 0.1) is 119 Å². The third-order valence-electron chi connectivity index (χ3n) is 28.8. The molecule has 15 rings (SSSR count). The van der Waals surface area contributed by atoms with E-state index in [0.29, 0.717) is 27.5 Å². The first kappa shape index (κ1) is 136. The summed E-state index contributed by atoms with van der Waals surface area (Å²) in [5, 5.41) is 65.7. The smallest absolute Gasteiger partial charge is 0.246 e. The van der Waals surface area contributed by atoms with Gasteiger partial charge in [0.1, 0.15) is 34.5 Å². The van der Waals surface area contributed by atoms with E-state index in [1.165, 1.54) is 152 Å². The van der Waals surface area contributed by atoms with Gasteiger partial charge in [-0.25, -0.2) is 0 Å². The molecule has 0 amide bonds. The van der Waals surface area contributed by atoms with E-state index >= 15 is 0 Å². The molecule has 6 radical (unpaired) electrons. The number of benzene rings is 6. The van der Waals surface area contributed by atoms with Crippen molar-refractivity contribution in [2.24, 2.45) is 30.0 Å². The Balaban J connectivity index is 0.00000102. The average molecular weight is 2370 g/mol. The Morgan fingerprint density at radius 1 is 0.331 bits per heavy atom. The number of hydrogen-bond acceptors (Lipinski definition) is 15. The molecular formula is C117H179BrCo3N12O6Y3. The number of nitrogens with zero attached hydrogens (tertiary/aromatic N) is 12. The van der Waals surface area contributed by atoms with Gasteiger partial charge in [-0.1, -0.05) is 160 Å². The van der Waals surface area contributed by atoms with Crippen molar-refractivity contribution >= 4 is 70.7 Å². The van der Waals surface area contributed by atoms with E-state index in [-0.39, 0.29) is 257 Å². The summed E-state index contributed by atoms with van der Waals surface area (Å²) in [5.41, 5.74) is 14.4. The molecule has 6 N–H and O–H groups in total. The van der Waals surface area contributed by atoms with Crippen LogP contribution in [0.25, 0.3) is 0 Å². The molecule has 786 valence electrons. The number of aryl methyl sites for hydroxylation is 6. The summed E-state index contributed by atoms with van der Waals surface area (Å²) < 4.78 is 8.58. The van der Waals surface area contributed by atoms with Crippen LogP contribution in [0.1, 0.15) is 361 Å². The van der Waals surface area contributed by atoms with Crippen molar-refractivity contribution < 1.29 is 193 Å². The van der Waals surface area contributed by atoms with Crippen LogP contribution in [-0.2, 0) is 184 Å².